The van der Waals surface area contributed by atoms with E-state index < -0.39 is 0 Å². The number of hydrogen-bond donors (Lipinski definition) is 0. The van der Waals surface area contributed by atoms with E-state index in [0.29, 0.717) is 26.3 Å². The molecule has 3 rings (SSSR count). The van der Waals surface area contributed by atoms with Crippen molar-refractivity contribution in [2.75, 3.05) is 26.3 Å². The van der Waals surface area contributed by atoms with Crippen molar-refractivity contribution < 1.29 is 14.3 Å². The number of benzene rings is 1. The second kappa shape index (κ2) is 6.67. The number of carbonyl (C=O) groups is 1. The van der Waals surface area contributed by atoms with Gasteiger partial charge in [-0.1, -0.05) is 18.2 Å². The normalized spacial score (nSPS) is 20.9. The van der Waals surface area contributed by atoms with Gasteiger partial charge in [-0.25, -0.2) is 0 Å². The first kappa shape index (κ1) is 15.3. The molecule has 118 valence electrons. The van der Waals surface area contributed by atoms with Gasteiger partial charge in [0.2, 0.25) is 0 Å². The standard InChI is InChI=1S/C18H18N2O3/c1-13-15(10-14-4-2-3-5-17(14)23-13)11-16(12-19)18(21)20-6-8-22-9-7-20/h2-5,10-11,13H,6-9H2,1H3. The van der Waals surface area contributed by atoms with Gasteiger partial charge in [0, 0.05) is 18.7 Å². The van der Waals surface area contributed by atoms with Crippen LogP contribution in [0.1, 0.15) is 12.5 Å². The van der Waals surface area contributed by atoms with Crippen molar-refractivity contribution in [1.29, 1.82) is 5.26 Å². The maximum atomic E-state index is 12.5. The molecule has 2 heterocycles. The Bertz CT molecular complexity index is 709. The zero-order valence-electron chi connectivity index (χ0n) is 13.0. The van der Waals surface area contributed by atoms with Crippen molar-refractivity contribution in [1.82, 2.24) is 4.90 Å². The van der Waals surface area contributed by atoms with Gasteiger partial charge in [0.1, 0.15) is 23.5 Å². The molecule has 1 aromatic rings. The number of morpholine rings is 1. The number of nitriles is 1. The van der Waals surface area contributed by atoms with Gasteiger partial charge in [-0.15, -0.1) is 0 Å². The third kappa shape index (κ3) is 3.27. The van der Waals surface area contributed by atoms with Crippen LogP contribution in [0.15, 0.2) is 41.5 Å². The van der Waals surface area contributed by atoms with Gasteiger partial charge < -0.3 is 14.4 Å². The van der Waals surface area contributed by atoms with Crippen LogP contribution in [0.2, 0.25) is 0 Å². The second-order valence-electron chi connectivity index (χ2n) is 5.52. The molecule has 0 spiro atoms. The molecule has 0 saturated carbocycles. The van der Waals surface area contributed by atoms with Crippen LogP contribution in [0.25, 0.3) is 6.08 Å². The van der Waals surface area contributed by atoms with E-state index in [9.17, 15) is 10.1 Å². The topological polar surface area (TPSA) is 62.6 Å². The third-order valence-corrected chi connectivity index (χ3v) is 3.97. The molecule has 1 unspecified atom stereocenters. The Balaban J connectivity index is 1.87. The van der Waals surface area contributed by atoms with Gasteiger partial charge in [-0.3, -0.25) is 4.79 Å². The lowest BCUT2D eigenvalue weighted by molar-refractivity contribution is -0.130. The zero-order valence-corrected chi connectivity index (χ0v) is 13.0. The van der Waals surface area contributed by atoms with E-state index in [4.69, 9.17) is 9.47 Å². The van der Waals surface area contributed by atoms with Crippen molar-refractivity contribution in [2.45, 2.75) is 13.0 Å². The summed E-state index contributed by atoms with van der Waals surface area (Å²) in [5.41, 5.74) is 1.91. The predicted molar refractivity (Wildman–Crippen MR) is 85.6 cm³/mol. The Kier molecular flexibility index (Phi) is 4.45. The maximum Gasteiger partial charge on any atom is 0.264 e. The molecule has 23 heavy (non-hydrogen) atoms. The fraction of sp³-hybridized carbons (Fsp3) is 0.333. The number of amides is 1. The number of hydrogen-bond acceptors (Lipinski definition) is 4. The minimum atomic E-state index is -0.247. The van der Waals surface area contributed by atoms with E-state index in [1.807, 2.05) is 43.3 Å². The lowest BCUT2D eigenvalue weighted by atomic mass is 10.00. The molecule has 0 aromatic heterocycles. The average molecular weight is 310 g/mol. The molecule has 5 nitrogen and oxygen atoms in total. The molecule has 1 amide bonds. The van der Waals surface area contributed by atoms with Crippen molar-refractivity contribution in [2.24, 2.45) is 0 Å². The zero-order chi connectivity index (χ0) is 16.2. The highest BCUT2D eigenvalue weighted by Gasteiger charge is 2.23. The molecule has 1 atom stereocenters. The van der Waals surface area contributed by atoms with Gasteiger partial charge in [-0.2, -0.15) is 5.26 Å². The highest BCUT2D eigenvalue weighted by molar-refractivity contribution is 5.98. The molecule has 0 bridgehead atoms. The molecule has 0 N–H and O–H groups in total. The summed E-state index contributed by atoms with van der Waals surface area (Å²) >= 11 is 0. The molecule has 1 aromatic carbocycles. The van der Waals surface area contributed by atoms with E-state index in [0.717, 1.165) is 16.9 Å². The summed E-state index contributed by atoms with van der Waals surface area (Å²) in [6.07, 6.45) is 3.40. The lowest BCUT2D eigenvalue weighted by Gasteiger charge is -2.27. The number of rotatable bonds is 2. The SMILES string of the molecule is CC1Oc2ccccc2C=C1C=C(C#N)C(=O)N1CCOCC1. The Morgan fingerprint density at radius 1 is 1.35 bits per heavy atom. The lowest BCUT2D eigenvalue weighted by Crippen LogP contribution is -2.41. The minimum absolute atomic E-state index is 0.132. The van der Waals surface area contributed by atoms with Crippen LogP contribution in [-0.4, -0.2) is 43.2 Å². The Morgan fingerprint density at radius 2 is 2.09 bits per heavy atom. The van der Waals surface area contributed by atoms with Gasteiger partial charge in [0.05, 0.1) is 13.2 Å². The summed E-state index contributed by atoms with van der Waals surface area (Å²) in [5, 5.41) is 9.37. The number of ether oxygens (including phenoxy) is 2. The van der Waals surface area contributed by atoms with Crippen molar-refractivity contribution in [3.05, 3.63) is 47.1 Å². The van der Waals surface area contributed by atoms with E-state index in [-0.39, 0.29) is 17.6 Å². The van der Waals surface area contributed by atoms with E-state index >= 15 is 0 Å². The van der Waals surface area contributed by atoms with Crippen LogP contribution in [0.4, 0.5) is 0 Å². The summed E-state index contributed by atoms with van der Waals surface area (Å²) in [7, 11) is 0. The molecule has 1 fully saturated rings. The van der Waals surface area contributed by atoms with E-state index in [1.54, 1.807) is 11.0 Å². The molecular weight excluding hydrogens is 292 g/mol. The molecule has 2 aliphatic heterocycles. The van der Waals surface area contributed by atoms with Gasteiger partial charge >= 0.3 is 0 Å². The highest BCUT2D eigenvalue weighted by Crippen LogP contribution is 2.30. The number of nitrogens with zero attached hydrogens (tertiary/aromatic N) is 2. The largest absolute Gasteiger partial charge is 0.485 e. The quantitative estimate of drug-likeness (QED) is 0.620. The third-order valence-electron chi connectivity index (χ3n) is 3.97. The summed E-state index contributed by atoms with van der Waals surface area (Å²) in [6.45, 7) is 3.98. The van der Waals surface area contributed by atoms with Crippen molar-refractivity contribution >= 4 is 12.0 Å². The fourth-order valence-corrected chi connectivity index (χ4v) is 2.67. The Labute approximate surface area is 135 Å². The van der Waals surface area contributed by atoms with Gasteiger partial charge in [0.15, 0.2) is 0 Å². The number of fused-ring (bicyclic) bond motifs is 1. The maximum absolute atomic E-state index is 12.5. The highest BCUT2D eigenvalue weighted by atomic mass is 16.5. The fourth-order valence-electron chi connectivity index (χ4n) is 2.67. The van der Waals surface area contributed by atoms with Crippen LogP contribution in [-0.2, 0) is 9.53 Å². The van der Waals surface area contributed by atoms with Crippen LogP contribution in [0, 0.1) is 11.3 Å². The first-order valence-electron chi connectivity index (χ1n) is 7.65. The molecule has 1 saturated heterocycles. The monoisotopic (exact) mass is 310 g/mol. The first-order valence-corrected chi connectivity index (χ1v) is 7.65. The second-order valence-corrected chi connectivity index (χ2v) is 5.52. The summed E-state index contributed by atoms with van der Waals surface area (Å²) in [4.78, 5) is 14.1. The van der Waals surface area contributed by atoms with Crippen LogP contribution >= 0.6 is 0 Å². The predicted octanol–water partition coefficient (Wildman–Crippen LogP) is 2.16. The average Bonchev–Trinajstić information content (AvgIpc) is 2.60. The van der Waals surface area contributed by atoms with E-state index in [1.165, 1.54) is 0 Å². The minimum Gasteiger partial charge on any atom is -0.485 e. The Morgan fingerprint density at radius 3 is 2.83 bits per heavy atom. The molecular formula is C18H18N2O3. The smallest absolute Gasteiger partial charge is 0.264 e. The number of carbonyl (C=O) groups excluding carboxylic acids is 1. The van der Waals surface area contributed by atoms with Crippen molar-refractivity contribution in [3.63, 3.8) is 0 Å². The summed E-state index contributed by atoms with van der Waals surface area (Å²) in [5.74, 6) is 0.568. The molecule has 0 aliphatic carbocycles. The van der Waals surface area contributed by atoms with Crippen LogP contribution < -0.4 is 4.74 Å². The van der Waals surface area contributed by atoms with E-state index in [2.05, 4.69) is 0 Å². The molecule has 2 aliphatic rings. The molecule has 5 heteroatoms. The van der Waals surface area contributed by atoms with Crippen LogP contribution in [0.3, 0.4) is 0 Å². The molecule has 0 radical (unpaired) electrons. The number of para-hydroxylation sites is 1. The van der Waals surface area contributed by atoms with Crippen LogP contribution in [0.5, 0.6) is 5.75 Å². The summed E-state index contributed by atoms with van der Waals surface area (Å²) in [6, 6.07) is 9.73. The first-order chi connectivity index (χ1) is 11.2. The van der Waals surface area contributed by atoms with Crippen molar-refractivity contribution in [3.8, 4) is 11.8 Å². The Hall–Kier alpha value is -2.58. The summed E-state index contributed by atoms with van der Waals surface area (Å²) < 4.78 is 11.1. The van der Waals surface area contributed by atoms with Gasteiger partial charge in [0.25, 0.3) is 5.91 Å². The van der Waals surface area contributed by atoms with Gasteiger partial charge in [-0.05, 0) is 30.7 Å².